The normalized spacial score (nSPS) is 16.3. The summed E-state index contributed by atoms with van der Waals surface area (Å²) in [6.45, 7) is 5.26. The van der Waals surface area contributed by atoms with Crippen molar-refractivity contribution in [2.45, 2.75) is 38.7 Å². The summed E-state index contributed by atoms with van der Waals surface area (Å²) in [5, 5.41) is 0.397. The van der Waals surface area contributed by atoms with Crippen LogP contribution < -0.4 is 4.74 Å². The maximum absolute atomic E-state index is 13.1. The van der Waals surface area contributed by atoms with Crippen LogP contribution in [0.5, 0.6) is 5.75 Å². The number of ether oxygens (including phenoxy) is 3. The predicted octanol–water partition coefficient (Wildman–Crippen LogP) is 4.26. The Morgan fingerprint density at radius 2 is 1.60 bits per heavy atom. The Morgan fingerprint density at radius 1 is 1.00 bits per heavy atom. The first kappa shape index (κ1) is 21.8. The molecule has 0 radical (unpaired) electrons. The van der Waals surface area contributed by atoms with E-state index in [9.17, 15) is 14.4 Å². The Bertz CT molecular complexity index is 948. The molecule has 1 heterocycles. The van der Waals surface area contributed by atoms with Gasteiger partial charge in [0.05, 0.1) is 19.1 Å². The van der Waals surface area contributed by atoms with Gasteiger partial charge < -0.3 is 14.2 Å². The molecule has 30 heavy (non-hydrogen) atoms. The number of Topliss-reactive ketones (excluding diaryl/α,β-unsaturated/α-hetero) is 1. The zero-order valence-corrected chi connectivity index (χ0v) is 17.8. The minimum atomic E-state index is -2.11. The van der Waals surface area contributed by atoms with Crippen LogP contribution in [0.1, 0.15) is 47.7 Å². The Kier molecular flexibility index (Phi) is 6.46. The van der Waals surface area contributed by atoms with Gasteiger partial charge in [-0.1, -0.05) is 41.4 Å². The first-order valence-corrected chi connectivity index (χ1v) is 10.1. The first-order valence-electron chi connectivity index (χ1n) is 9.76. The highest BCUT2D eigenvalue weighted by Gasteiger charge is 2.63. The number of fused-ring (bicyclic) bond motifs is 1. The van der Waals surface area contributed by atoms with Crippen molar-refractivity contribution in [2.75, 3.05) is 13.2 Å². The fourth-order valence-corrected chi connectivity index (χ4v) is 3.75. The van der Waals surface area contributed by atoms with E-state index >= 15 is 0 Å². The third-order valence-electron chi connectivity index (χ3n) is 5.03. The molecule has 0 fully saturated rings. The van der Waals surface area contributed by atoms with Crippen LogP contribution in [0.4, 0.5) is 0 Å². The van der Waals surface area contributed by atoms with Crippen LogP contribution in [0.15, 0.2) is 42.5 Å². The zero-order chi connectivity index (χ0) is 21.9. The molecule has 2 aromatic carbocycles. The molecule has 0 aromatic heterocycles. The van der Waals surface area contributed by atoms with Crippen LogP contribution in [-0.2, 0) is 19.1 Å². The molecular weight excluding hydrogens is 408 g/mol. The van der Waals surface area contributed by atoms with Gasteiger partial charge in [-0.15, -0.1) is 0 Å². The monoisotopic (exact) mass is 430 g/mol. The van der Waals surface area contributed by atoms with Crippen molar-refractivity contribution < 1.29 is 28.6 Å². The third-order valence-corrected chi connectivity index (χ3v) is 5.26. The van der Waals surface area contributed by atoms with Crippen molar-refractivity contribution in [1.82, 2.24) is 0 Å². The van der Waals surface area contributed by atoms with E-state index in [1.807, 2.05) is 19.1 Å². The van der Waals surface area contributed by atoms with E-state index in [4.69, 9.17) is 25.8 Å². The van der Waals surface area contributed by atoms with E-state index < -0.39 is 23.5 Å². The van der Waals surface area contributed by atoms with Crippen molar-refractivity contribution in [3.63, 3.8) is 0 Å². The second kappa shape index (κ2) is 8.88. The Labute approximate surface area is 180 Å². The topological polar surface area (TPSA) is 78.9 Å². The smallest absolute Gasteiger partial charge is 0.363 e. The second-order valence-corrected chi connectivity index (χ2v) is 7.44. The van der Waals surface area contributed by atoms with Crippen LogP contribution in [0.25, 0.3) is 0 Å². The van der Waals surface area contributed by atoms with Gasteiger partial charge in [0.15, 0.2) is 5.78 Å². The Hall–Kier alpha value is -2.86. The van der Waals surface area contributed by atoms with Crippen molar-refractivity contribution in [3.05, 3.63) is 64.2 Å². The maximum Gasteiger partial charge on any atom is 0.363 e. The summed E-state index contributed by atoms with van der Waals surface area (Å²) in [4.78, 5) is 39.1. The standard InChI is InChI=1S/C23H23ClO6/c1-4-28-21(26)23(22(27)29-5-2)18(17-12-16(24)10-11-20(17)30-23)13-19(25)15-8-6-14(3)7-9-15/h6-12,18H,4-5,13H2,1-3H3. The first-order chi connectivity index (χ1) is 14.3. The fourth-order valence-electron chi connectivity index (χ4n) is 3.57. The quantitative estimate of drug-likeness (QED) is 0.371. The number of carbonyl (C=O) groups excluding carboxylic acids is 3. The van der Waals surface area contributed by atoms with Crippen LogP contribution >= 0.6 is 11.6 Å². The molecule has 0 saturated carbocycles. The lowest BCUT2D eigenvalue weighted by Gasteiger charge is -2.29. The zero-order valence-electron chi connectivity index (χ0n) is 17.1. The maximum atomic E-state index is 13.1. The van der Waals surface area contributed by atoms with Gasteiger partial charge in [0.1, 0.15) is 5.75 Å². The second-order valence-electron chi connectivity index (χ2n) is 7.01. The average Bonchev–Trinajstić information content (AvgIpc) is 3.03. The molecule has 1 aliphatic heterocycles. The Balaban J connectivity index is 2.09. The fraction of sp³-hybridized carbons (Fsp3) is 0.348. The van der Waals surface area contributed by atoms with Gasteiger partial charge in [0.2, 0.25) is 0 Å². The summed E-state index contributed by atoms with van der Waals surface area (Å²) in [6, 6.07) is 11.8. The van der Waals surface area contributed by atoms with Crippen LogP contribution in [0, 0.1) is 6.92 Å². The van der Waals surface area contributed by atoms with Gasteiger partial charge in [-0.05, 0) is 39.0 Å². The van der Waals surface area contributed by atoms with E-state index in [2.05, 4.69) is 0 Å². The van der Waals surface area contributed by atoms with E-state index in [-0.39, 0.29) is 25.4 Å². The molecule has 0 saturated heterocycles. The highest BCUT2D eigenvalue weighted by Crippen LogP contribution is 2.49. The van der Waals surface area contributed by atoms with Crippen LogP contribution in [-0.4, -0.2) is 36.5 Å². The Morgan fingerprint density at radius 3 is 2.17 bits per heavy atom. The molecular formula is C23H23ClO6. The molecule has 158 valence electrons. The molecule has 0 amide bonds. The van der Waals surface area contributed by atoms with Gasteiger partial charge in [-0.2, -0.15) is 0 Å². The predicted molar refractivity (Wildman–Crippen MR) is 111 cm³/mol. The van der Waals surface area contributed by atoms with Gasteiger partial charge in [0.25, 0.3) is 0 Å². The number of carbonyl (C=O) groups is 3. The van der Waals surface area contributed by atoms with Gasteiger partial charge >= 0.3 is 17.5 Å². The highest BCUT2D eigenvalue weighted by molar-refractivity contribution is 6.30. The number of hydrogen-bond acceptors (Lipinski definition) is 6. The van der Waals surface area contributed by atoms with Gasteiger partial charge in [-0.3, -0.25) is 4.79 Å². The summed E-state index contributed by atoms with van der Waals surface area (Å²) in [6.07, 6.45) is -0.159. The molecule has 0 spiro atoms. The number of benzene rings is 2. The molecule has 0 N–H and O–H groups in total. The number of esters is 2. The van der Waals surface area contributed by atoms with E-state index in [1.54, 1.807) is 44.2 Å². The molecule has 1 aliphatic rings. The van der Waals surface area contributed by atoms with Crippen molar-refractivity contribution in [2.24, 2.45) is 0 Å². The number of hydrogen-bond donors (Lipinski definition) is 0. The molecule has 7 heteroatoms. The van der Waals surface area contributed by atoms with E-state index in [0.29, 0.717) is 21.9 Å². The van der Waals surface area contributed by atoms with E-state index in [0.717, 1.165) is 5.56 Å². The molecule has 1 atom stereocenters. The number of aryl methyl sites for hydroxylation is 1. The minimum Gasteiger partial charge on any atom is -0.463 e. The van der Waals surface area contributed by atoms with Crippen molar-refractivity contribution in [3.8, 4) is 5.75 Å². The van der Waals surface area contributed by atoms with Crippen LogP contribution in [0.3, 0.4) is 0 Å². The largest absolute Gasteiger partial charge is 0.463 e. The summed E-state index contributed by atoms with van der Waals surface area (Å²) in [5.41, 5.74) is -0.138. The summed E-state index contributed by atoms with van der Waals surface area (Å²) in [5.74, 6) is -2.68. The summed E-state index contributed by atoms with van der Waals surface area (Å²) in [7, 11) is 0. The van der Waals surface area contributed by atoms with Gasteiger partial charge in [-0.25, -0.2) is 9.59 Å². The average molecular weight is 431 g/mol. The summed E-state index contributed by atoms with van der Waals surface area (Å²) < 4.78 is 16.3. The lowest BCUT2D eigenvalue weighted by Crippen LogP contribution is -2.55. The SMILES string of the molecule is CCOC(=O)C1(C(=O)OCC)Oc2ccc(Cl)cc2C1CC(=O)c1ccc(C)cc1. The molecule has 1 unspecified atom stereocenters. The minimum absolute atomic E-state index is 0.0408. The molecule has 0 aliphatic carbocycles. The van der Waals surface area contributed by atoms with E-state index in [1.165, 1.54) is 0 Å². The lowest BCUT2D eigenvalue weighted by molar-refractivity contribution is -0.180. The van der Waals surface area contributed by atoms with Gasteiger partial charge in [0, 0.05) is 22.6 Å². The number of ketones is 1. The van der Waals surface area contributed by atoms with Crippen LogP contribution in [0.2, 0.25) is 5.02 Å². The number of halogens is 1. The third kappa shape index (κ3) is 3.92. The molecule has 6 nitrogen and oxygen atoms in total. The number of rotatable bonds is 7. The van der Waals surface area contributed by atoms with Crippen molar-refractivity contribution in [1.29, 1.82) is 0 Å². The lowest BCUT2D eigenvalue weighted by atomic mass is 9.79. The molecule has 2 aromatic rings. The van der Waals surface area contributed by atoms with Crippen molar-refractivity contribution >= 4 is 29.3 Å². The highest BCUT2D eigenvalue weighted by atomic mass is 35.5. The molecule has 3 rings (SSSR count). The molecule has 0 bridgehead atoms. The summed E-state index contributed by atoms with van der Waals surface area (Å²) >= 11 is 6.16.